The fraction of sp³-hybridized carbons (Fsp3) is 0.389. The van der Waals surface area contributed by atoms with Gasteiger partial charge in [0.2, 0.25) is 5.95 Å². The summed E-state index contributed by atoms with van der Waals surface area (Å²) in [5, 5.41) is 20.4. The van der Waals surface area contributed by atoms with Crippen LogP contribution in [0.1, 0.15) is 24.0 Å². The van der Waals surface area contributed by atoms with Crippen molar-refractivity contribution in [3.05, 3.63) is 41.9 Å². The molecule has 1 fully saturated rings. The number of aliphatic hydroxyl groups excluding tert-OH is 1. The predicted molar refractivity (Wildman–Crippen MR) is 93.6 cm³/mol. The fourth-order valence-corrected chi connectivity index (χ4v) is 3.38. The zero-order valence-corrected chi connectivity index (χ0v) is 15.2. The summed E-state index contributed by atoms with van der Waals surface area (Å²) in [6.07, 6.45) is -7.72. The van der Waals surface area contributed by atoms with Crippen molar-refractivity contribution in [3.8, 4) is 11.3 Å². The molecule has 6 nitrogen and oxygen atoms in total. The maximum absolute atomic E-state index is 13.0. The molecule has 4 rings (SSSR count). The molecule has 0 spiro atoms. The van der Waals surface area contributed by atoms with Crippen LogP contribution in [0.3, 0.4) is 0 Å². The first kappa shape index (κ1) is 20.4. The van der Waals surface area contributed by atoms with E-state index in [9.17, 15) is 31.4 Å². The number of rotatable bonds is 4. The molecule has 0 radical (unpaired) electrons. The number of hydrogen-bond donors (Lipinski definition) is 2. The zero-order valence-electron chi connectivity index (χ0n) is 15.2. The second-order valence-corrected chi connectivity index (χ2v) is 7.15. The van der Waals surface area contributed by atoms with Gasteiger partial charge >= 0.3 is 12.4 Å². The average molecular weight is 431 g/mol. The van der Waals surface area contributed by atoms with Gasteiger partial charge in [-0.3, -0.25) is 4.40 Å². The van der Waals surface area contributed by atoms with Gasteiger partial charge in [0.15, 0.2) is 0 Å². The number of hydrogen-bond acceptors (Lipinski definition) is 5. The number of nitrogens with zero attached hydrogens (tertiary/aromatic N) is 4. The Labute approximate surface area is 165 Å². The molecule has 12 heteroatoms. The Morgan fingerprint density at radius 3 is 2.47 bits per heavy atom. The number of alkyl halides is 6. The van der Waals surface area contributed by atoms with Crippen molar-refractivity contribution in [1.82, 2.24) is 19.6 Å². The molecule has 1 aliphatic rings. The van der Waals surface area contributed by atoms with Crippen LogP contribution >= 0.6 is 0 Å². The van der Waals surface area contributed by atoms with E-state index in [1.54, 1.807) is 0 Å². The zero-order chi connectivity index (χ0) is 21.7. The summed E-state index contributed by atoms with van der Waals surface area (Å²) in [5.41, 5.74) is -1.57. The highest BCUT2D eigenvalue weighted by molar-refractivity contribution is 5.79. The van der Waals surface area contributed by atoms with Gasteiger partial charge in [-0.25, -0.2) is 4.98 Å². The van der Waals surface area contributed by atoms with Crippen LogP contribution in [0, 0.1) is 0 Å². The largest absolute Gasteiger partial charge is 0.416 e. The topological polar surface area (TPSA) is 75.3 Å². The second kappa shape index (κ2) is 7.11. The molecule has 0 atom stereocenters. The van der Waals surface area contributed by atoms with Gasteiger partial charge < -0.3 is 10.4 Å². The van der Waals surface area contributed by atoms with Crippen LogP contribution in [0.15, 0.2) is 30.7 Å². The summed E-state index contributed by atoms with van der Waals surface area (Å²) in [5.74, 6) is 0.271. The summed E-state index contributed by atoms with van der Waals surface area (Å²) in [4.78, 5) is 3.97. The molecule has 0 bridgehead atoms. The molecular weight excluding hydrogens is 416 g/mol. The third kappa shape index (κ3) is 4.04. The van der Waals surface area contributed by atoms with E-state index < -0.39 is 36.0 Å². The Balaban J connectivity index is 1.79. The number of benzene rings is 1. The monoisotopic (exact) mass is 431 g/mol. The van der Waals surface area contributed by atoms with Crippen LogP contribution in [-0.4, -0.2) is 43.0 Å². The lowest BCUT2D eigenvalue weighted by atomic mass is 9.90. The van der Waals surface area contributed by atoms with Gasteiger partial charge in [0, 0.05) is 11.6 Å². The standard InChI is InChI=1S/C18H15F6N5O/c19-17(20,21)6-9-3-10(18(22,23)24)1-2-13(9)15-14-7-25-8-29(14)16(28-27-15)26-11-4-12(30)5-11/h1-3,7-8,11-12,30H,4-6H2,(H,26,28). The maximum atomic E-state index is 13.0. The third-order valence-electron chi connectivity index (χ3n) is 4.88. The Morgan fingerprint density at radius 1 is 1.10 bits per heavy atom. The summed E-state index contributed by atoms with van der Waals surface area (Å²) in [7, 11) is 0. The molecule has 0 saturated heterocycles. The molecule has 2 heterocycles. The highest BCUT2D eigenvalue weighted by atomic mass is 19.4. The Hall–Kier alpha value is -2.89. The quantitative estimate of drug-likeness (QED) is 0.614. The Bertz CT molecular complexity index is 1070. The van der Waals surface area contributed by atoms with Crippen LogP contribution in [0.2, 0.25) is 0 Å². The van der Waals surface area contributed by atoms with Crippen LogP contribution < -0.4 is 5.32 Å². The van der Waals surface area contributed by atoms with Crippen molar-refractivity contribution in [3.63, 3.8) is 0 Å². The predicted octanol–water partition coefficient (Wildman–Crippen LogP) is 3.85. The molecule has 0 aliphatic heterocycles. The number of aromatic nitrogens is 4. The number of halogens is 6. The average Bonchev–Trinajstić information content (AvgIpc) is 3.09. The highest BCUT2D eigenvalue weighted by Gasteiger charge is 2.35. The number of aliphatic hydroxyl groups is 1. The lowest BCUT2D eigenvalue weighted by Crippen LogP contribution is -2.39. The van der Waals surface area contributed by atoms with Crippen LogP contribution in [0.5, 0.6) is 0 Å². The van der Waals surface area contributed by atoms with E-state index in [4.69, 9.17) is 0 Å². The first-order valence-electron chi connectivity index (χ1n) is 8.92. The van der Waals surface area contributed by atoms with Crippen molar-refractivity contribution >= 4 is 11.5 Å². The van der Waals surface area contributed by atoms with Crippen LogP contribution in [0.25, 0.3) is 16.8 Å². The first-order chi connectivity index (χ1) is 14.0. The lowest BCUT2D eigenvalue weighted by molar-refractivity contribution is -0.138. The summed E-state index contributed by atoms with van der Waals surface area (Å²) >= 11 is 0. The first-order valence-corrected chi connectivity index (χ1v) is 8.92. The molecular formula is C18H15F6N5O. The molecule has 1 aliphatic carbocycles. The van der Waals surface area contributed by atoms with Crippen LogP contribution in [0.4, 0.5) is 32.3 Å². The van der Waals surface area contributed by atoms with Crippen molar-refractivity contribution in [2.45, 2.75) is 43.8 Å². The van der Waals surface area contributed by atoms with Crippen molar-refractivity contribution in [2.75, 3.05) is 5.32 Å². The molecule has 0 amide bonds. The number of fused-ring (bicyclic) bond motifs is 1. The van der Waals surface area contributed by atoms with Gasteiger partial charge in [0.1, 0.15) is 12.0 Å². The van der Waals surface area contributed by atoms with Gasteiger partial charge in [-0.15, -0.1) is 10.2 Å². The number of anilines is 1. The van der Waals surface area contributed by atoms with E-state index in [1.165, 1.54) is 16.9 Å². The van der Waals surface area contributed by atoms with Crippen molar-refractivity contribution in [2.24, 2.45) is 0 Å². The van der Waals surface area contributed by atoms with Gasteiger partial charge in [-0.1, -0.05) is 6.07 Å². The maximum Gasteiger partial charge on any atom is 0.416 e. The summed E-state index contributed by atoms with van der Waals surface area (Å²) in [6, 6.07) is 2.12. The minimum absolute atomic E-state index is 0.0142. The second-order valence-electron chi connectivity index (χ2n) is 7.15. The van der Waals surface area contributed by atoms with Gasteiger partial charge in [-0.05, 0) is 30.5 Å². The molecule has 3 aromatic rings. The summed E-state index contributed by atoms with van der Waals surface area (Å²) in [6.45, 7) is 0. The normalized spacial score (nSPS) is 19.7. The van der Waals surface area contributed by atoms with Gasteiger partial charge in [-0.2, -0.15) is 26.3 Å². The molecule has 30 heavy (non-hydrogen) atoms. The molecule has 2 aromatic heterocycles. The van der Waals surface area contributed by atoms with E-state index in [1.807, 2.05) is 0 Å². The molecule has 1 saturated carbocycles. The van der Waals surface area contributed by atoms with E-state index in [2.05, 4.69) is 20.5 Å². The lowest BCUT2D eigenvalue weighted by Gasteiger charge is -2.32. The summed E-state index contributed by atoms with van der Waals surface area (Å²) < 4.78 is 79.7. The molecule has 1 aromatic carbocycles. The number of nitrogens with one attached hydrogen (secondary N) is 1. The highest BCUT2D eigenvalue weighted by Crippen LogP contribution is 2.36. The molecule has 0 unspecified atom stereocenters. The third-order valence-corrected chi connectivity index (χ3v) is 4.88. The minimum Gasteiger partial charge on any atom is -0.393 e. The SMILES string of the molecule is OC1CC(Nc2nnc(-c3ccc(C(F)(F)F)cc3CC(F)(F)F)c3cncn23)C1. The molecule has 2 N–H and O–H groups in total. The molecule has 160 valence electrons. The number of imidazole rings is 1. The van der Waals surface area contributed by atoms with E-state index in [-0.39, 0.29) is 28.8 Å². The van der Waals surface area contributed by atoms with E-state index >= 15 is 0 Å². The van der Waals surface area contributed by atoms with Gasteiger partial charge in [0.25, 0.3) is 0 Å². The fourth-order valence-electron chi connectivity index (χ4n) is 3.38. The van der Waals surface area contributed by atoms with Gasteiger partial charge in [0.05, 0.1) is 29.8 Å². The minimum atomic E-state index is -4.78. The smallest absolute Gasteiger partial charge is 0.393 e. The van der Waals surface area contributed by atoms with E-state index in [0.717, 1.165) is 6.07 Å². The van der Waals surface area contributed by atoms with Crippen molar-refractivity contribution in [1.29, 1.82) is 0 Å². The van der Waals surface area contributed by atoms with Crippen LogP contribution in [-0.2, 0) is 12.6 Å². The Kier molecular flexibility index (Phi) is 4.83. The van der Waals surface area contributed by atoms with Crippen molar-refractivity contribution < 1.29 is 31.4 Å². The van der Waals surface area contributed by atoms with E-state index in [0.29, 0.717) is 25.0 Å². The Morgan fingerprint density at radius 2 is 1.83 bits per heavy atom.